The van der Waals surface area contributed by atoms with Crippen LogP contribution >= 0.6 is 0 Å². The van der Waals surface area contributed by atoms with E-state index in [4.69, 9.17) is 0 Å². The van der Waals surface area contributed by atoms with Crippen LogP contribution in [0.5, 0.6) is 0 Å². The van der Waals surface area contributed by atoms with E-state index >= 15 is 0 Å². The minimum absolute atomic E-state index is 0.199. The number of hydrogen-bond acceptors (Lipinski definition) is 3. The highest BCUT2D eigenvalue weighted by atomic mass is 32.2. The molecule has 26 heavy (non-hydrogen) atoms. The zero-order valence-corrected chi connectivity index (χ0v) is 15.0. The van der Waals surface area contributed by atoms with Gasteiger partial charge in [-0.1, -0.05) is 35.9 Å². The van der Waals surface area contributed by atoms with Crippen LogP contribution in [0, 0.1) is 6.92 Å². The Kier molecular flexibility index (Phi) is 5.04. The summed E-state index contributed by atoms with van der Waals surface area (Å²) < 4.78 is 27.3. The van der Waals surface area contributed by atoms with Crippen LogP contribution in [0.2, 0.25) is 0 Å². The lowest BCUT2D eigenvalue weighted by Crippen LogP contribution is -2.13. The minimum Gasteiger partial charge on any atom is -0.322 e. The molecule has 3 aromatic carbocycles. The maximum absolute atomic E-state index is 12.4. The zero-order chi connectivity index (χ0) is 18.6. The lowest BCUT2D eigenvalue weighted by atomic mass is 10.2. The Balaban J connectivity index is 1.69. The van der Waals surface area contributed by atoms with Crippen LogP contribution in [-0.4, -0.2) is 14.3 Å². The van der Waals surface area contributed by atoms with Crippen molar-refractivity contribution in [1.29, 1.82) is 0 Å². The second-order valence-electron chi connectivity index (χ2n) is 5.82. The molecule has 0 heterocycles. The summed E-state index contributed by atoms with van der Waals surface area (Å²) in [6, 6.07) is 22.0. The smallest absolute Gasteiger partial charge is 0.261 e. The average Bonchev–Trinajstić information content (AvgIpc) is 2.64. The molecule has 0 bridgehead atoms. The van der Waals surface area contributed by atoms with E-state index < -0.39 is 10.0 Å². The van der Waals surface area contributed by atoms with Crippen molar-refractivity contribution in [3.63, 3.8) is 0 Å². The number of carbonyl (C=O) groups excluding carboxylic acids is 1. The third kappa shape index (κ3) is 4.29. The fourth-order valence-corrected chi connectivity index (χ4v) is 3.40. The molecule has 0 aliphatic rings. The largest absolute Gasteiger partial charge is 0.322 e. The Hall–Kier alpha value is -3.12. The van der Waals surface area contributed by atoms with Gasteiger partial charge >= 0.3 is 0 Å². The van der Waals surface area contributed by atoms with Gasteiger partial charge in [0.05, 0.1) is 4.90 Å². The highest BCUT2D eigenvalue weighted by molar-refractivity contribution is 7.92. The normalized spacial score (nSPS) is 11.0. The molecule has 0 aliphatic carbocycles. The Labute approximate surface area is 152 Å². The third-order valence-electron chi connectivity index (χ3n) is 3.76. The molecule has 0 spiro atoms. The molecule has 2 N–H and O–H groups in total. The van der Waals surface area contributed by atoms with Crippen molar-refractivity contribution >= 4 is 27.3 Å². The number of benzene rings is 3. The Morgan fingerprint density at radius 2 is 1.35 bits per heavy atom. The van der Waals surface area contributed by atoms with E-state index in [2.05, 4.69) is 10.0 Å². The Morgan fingerprint density at radius 3 is 1.96 bits per heavy atom. The van der Waals surface area contributed by atoms with Crippen LogP contribution < -0.4 is 10.0 Å². The van der Waals surface area contributed by atoms with Crippen molar-refractivity contribution in [2.75, 3.05) is 10.0 Å². The molecule has 132 valence electrons. The van der Waals surface area contributed by atoms with E-state index in [1.165, 1.54) is 0 Å². The summed E-state index contributed by atoms with van der Waals surface area (Å²) >= 11 is 0. The standard InChI is InChI=1S/C20H18N2O3S/c1-15-7-13-19(14-8-15)26(24,25)22-18-11-9-17(10-12-18)21-20(23)16-5-3-2-4-6-16/h2-14,22H,1H3,(H,21,23). The maximum Gasteiger partial charge on any atom is 0.261 e. The summed E-state index contributed by atoms with van der Waals surface area (Å²) in [7, 11) is -3.65. The summed E-state index contributed by atoms with van der Waals surface area (Å²) in [5, 5.41) is 2.77. The number of rotatable bonds is 5. The summed E-state index contributed by atoms with van der Waals surface area (Å²) in [6.07, 6.45) is 0. The molecular formula is C20H18N2O3S. The van der Waals surface area contributed by atoms with Crippen molar-refractivity contribution < 1.29 is 13.2 Å². The van der Waals surface area contributed by atoms with Crippen molar-refractivity contribution in [3.8, 4) is 0 Å². The molecule has 3 rings (SSSR count). The number of nitrogens with one attached hydrogen (secondary N) is 2. The van der Waals surface area contributed by atoms with Crippen LogP contribution in [0.1, 0.15) is 15.9 Å². The fraction of sp³-hybridized carbons (Fsp3) is 0.0500. The Bertz CT molecular complexity index is 997. The van der Waals surface area contributed by atoms with Crippen LogP contribution in [0.25, 0.3) is 0 Å². The number of aryl methyl sites for hydroxylation is 1. The summed E-state index contributed by atoms with van der Waals surface area (Å²) in [4.78, 5) is 12.3. The van der Waals surface area contributed by atoms with E-state index in [9.17, 15) is 13.2 Å². The molecule has 1 amide bonds. The van der Waals surface area contributed by atoms with E-state index in [0.717, 1.165) is 5.56 Å². The van der Waals surface area contributed by atoms with Gasteiger partial charge in [0, 0.05) is 16.9 Å². The molecular weight excluding hydrogens is 348 g/mol. The number of sulfonamides is 1. The second kappa shape index (κ2) is 7.41. The first kappa shape index (κ1) is 17.7. The minimum atomic E-state index is -3.65. The number of amides is 1. The number of anilines is 2. The van der Waals surface area contributed by atoms with E-state index in [1.807, 2.05) is 13.0 Å². The van der Waals surface area contributed by atoms with Crippen molar-refractivity contribution in [2.24, 2.45) is 0 Å². The summed E-state index contributed by atoms with van der Waals surface area (Å²) in [5.74, 6) is -0.224. The first-order valence-corrected chi connectivity index (χ1v) is 9.48. The maximum atomic E-state index is 12.4. The summed E-state index contributed by atoms with van der Waals surface area (Å²) in [6.45, 7) is 1.90. The molecule has 0 saturated heterocycles. The van der Waals surface area contributed by atoms with E-state index in [1.54, 1.807) is 72.8 Å². The molecule has 0 aliphatic heterocycles. The molecule has 0 saturated carbocycles. The second-order valence-corrected chi connectivity index (χ2v) is 7.50. The average molecular weight is 366 g/mol. The van der Waals surface area contributed by atoms with Gasteiger partial charge in [0.15, 0.2) is 0 Å². The molecule has 0 fully saturated rings. The zero-order valence-electron chi connectivity index (χ0n) is 14.1. The van der Waals surface area contributed by atoms with Gasteiger partial charge in [-0.25, -0.2) is 8.42 Å². The first-order valence-electron chi connectivity index (χ1n) is 8.00. The van der Waals surface area contributed by atoms with Crippen LogP contribution in [0.3, 0.4) is 0 Å². The molecule has 6 heteroatoms. The fourth-order valence-electron chi connectivity index (χ4n) is 2.35. The van der Waals surface area contributed by atoms with Gasteiger partial charge in [0.2, 0.25) is 0 Å². The molecule has 0 unspecified atom stereocenters. The first-order chi connectivity index (χ1) is 12.4. The topological polar surface area (TPSA) is 75.3 Å². The molecule has 3 aromatic rings. The number of hydrogen-bond donors (Lipinski definition) is 2. The van der Waals surface area contributed by atoms with E-state index in [-0.39, 0.29) is 10.8 Å². The molecule has 0 aromatic heterocycles. The molecule has 5 nitrogen and oxygen atoms in total. The van der Waals surface area contributed by atoms with E-state index in [0.29, 0.717) is 16.9 Å². The van der Waals surface area contributed by atoms with Gasteiger partial charge < -0.3 is 5.32 Å². The summed E-state index contributed by atoms with van der Waals surface area (Å²) in [5.41, 5.74) is 2.54. The third-order valence-corrected chi connectivity index (χ3v) is 5.16. The van der Waals surface area contributed by atoms with Crippen molar-refractivity contribution in [2.45, 2.75) is 11.8 Å². The van der Waals surface area contributed by atoms with Crippen LogP contribution in [0.4, 0.5) is 11.4 Å². The van der Waals surface area contributed by atoms with Crippen LogP contribution in [0.15, 0.2) is 83.8 Å². The van der Waals surface area contributed by atoms with Crippen molar-refractivity contribution in [1.82, 2.24) is 0 Å². The molecule has 0 radical (unpaired) electrons. The monoisotopic (exact) mass is 366 g/mol. The highest BCUT2D eigenvalue weighted by Gasteiger charge is 2.14. The van der Waals surface area contributed by atoms with Gasteiger partial charge in [-0.2, -0.15) is 0 Å². The van der Waals surface area contributed by atoms with Gasteiger partial charge in [0.25, 0.3) is 15.9 Å². The predicted molar refractivity (Wildman–Crippen MR) is 103 cm³/mol. The van der Waals surface area contributed by atoms with Crippen LogP contribution in [-0.2, 0) is 10.0 Å². The molecule has 0 atom stereocenters. The van der Waals surface area contributed by atoms with Gasteiger partial charge in [-0.15, -0.1) is 0 Å². The Morgan fingerprint density at radius 1 is 0.769 bits per heavy atom. The van der Waals surface area contributed by atoms with Gasteiger partial charge in [-0.05, 0) is 55.5 Å². The SMILES string of the molecule is Cc1ccc(S(=O)(=O)Nc2ccc(NC(=O)c3ccccc3)cc2)cc1. The predicted octanol–water partition coefficient (Wildman–Crippen LogP) is 4.05. The quantitative estimate of drug-likeness (QED) is 0.715. The highest BCUT2D eigenvalue weighted by Crippen LogP contribution is 2.19. The van der Waals surface area contributed by atoms with Gasteiger partial charge in [-0.3, -0.25) is 9.52 Å². The lowest BCUT2D eigenvalue weighted by Gasteiger charge is -2.10. The van der Waals surface area contributed by atoms with Gasteiger partial charge in [0.1, 0.15) is 0 Å². The lowest BCUT2D eigenvalue weighted by molar-refractivity contribution is 0.102. The number of carbonyl (C=O) groups is 1. The van der Waals surface area contributed by atoms with Crippen molar-refractivity contribution in [3.05, 3.63) is 90.0 Å².